The molecule has 0 amide bonds. The highest BCUT2D eigenvalue weighted by Crippen LogP contribution is 2.22. The first-order valence-electron chi connectivity index (χ1n) is 6.14. The van der Waals surface area contributed by atoms with Gasteiger partial charge in [0.05, 0.1) is 0 Å². The Balaban J connectivity index is 0.000000468. The molecular weight excluding hydrogens is 329 g/mol. The van der Waals surface area contributed by atoms with Crippen molar-refractivity contribution in [1.82, 2.24) is 5.32 Å². The van der Waals surface area contributed by atoms with Crippen molar-refractivity contribution in [3.8, 4) is 0 Å². The molecule has 1 aromatic rings. The molecule has 0 aliphatic heterocycles. The molecule has 0 aliphatic carbocycles. The molecule has 0 saturated heterocycles. The van der Waals surface area contributed by atoms with Crippen molar-refractivity contribution < 1.29 is 41.3 Å². The summed E-state index contributed by atoms with van der Waals surface area (Å²) in [6.07, 6.45) is 0.111. The minimum atomic E-state index is -2.38. The lowest BCUT2D eigenvalue weighted by Crippen LogP contribution is -2.36. The predicted octanol–water partition coefficient (Wildman–Crippen LogP) is 2.64. The van der Waals surface area contributed by atoms with Crippen LogP contribution in [0.15, 0.2) is 0 Å². The van der Waals surface area contributed by atoms with Gasteiger partial charge >= 0.3 is 5.97 Å². The first kappa shape index (κ1) is 21.2. The van der Waals surface area contributed by atoms with Crippen molar-refractivity contribution in [1.29, 1.82) is 0 Å². The number of benzene rings is 1. The average molecular weight is 345 g/mol. The summed E-state index contributed by atoms with van der Waals surface area (Å²) < 4.78 is 72.0. The molecule has 0 aromatic heterocycles. The number of ether oxygens (including phenoxy) is 2. The number of carboxylic acids is 1. The van der Waals surface area contributed by atoms with Crippen molar-refractivity contribution in [2.45, 2.75) is 26.3 Å². The van der Waals surface area contributed by atoms with Gasteiger partial charge in [0.2, 0.25) is 5.82 Å². The Morgan fingerprint density at radius 3 is 1.43 bits per heavy atom. The first-order valence-corrected chi connectivity index (χ1v) is 6.14. The molecule has 0 heterocycles. The second-order valence-electron chi connectivity index (χ2n) is 4.17. The maximum absolute atomic E-state index is 12.6. The van der Waals surface area contributed by atoms with E-state index in [2.05, 4.69) is 5.32 Å². The van der Waals surface area contributed by atoms with E-state index in [1.807, 2.05) is 13.8 Å². The molecule has 2 unspecified atom stereocenters. The second kappa shape index (κ2) is 9.38. The molecule has 10 heteroatoms. The summed E-state index contributed by atoms with van der Waals surface area (Å²) in [5, 5.41) is 11.2. The number of hydrogen-bond acceptors (Lipinski definition) is 4. The smallest absolute Gasteiger partial charge is 0.341 e. The van der Waals surface area contributed by atoms with E-state index in [-0.39, 0.29) is 12.5 Å². The number of methoxy groups -OCH3 is 2. The van der Waals surface area contributed by atoms with Crippen LogP contribution >= 0.6 is 0 Å². The van der Waals surface area contributed by atoms with Crippen LogP contribution in [0.5, 0.6) is 0 Å². The van der Waals surface area contributed by atoms with Gasteiger partial charge < -0.3 is 14.6 Å². The van der Waals surface area contributed by atoms with Gasteiger partial charge in [-0.2, -0.15) is 0 Å². The van der Waals surface area contributed by atoms with E-state index in [0.717, 1.165) is 0 Å². The highest BCUT2D eigenvalue weighted by atomic mass is 19.2. The lowest BCUT2D eigenvalue weighted by molar-refractivity contribution is 0.00786. The van der Waals surface area contributed by atoms with Crippen LogP contribution in [0.1, 0.15) is 24.2 Å². The fourth-order valence-electron chi connectivity index (χ4n) is 1.26. The molecule has 23 heavy (non-hydrogen) atoms. The quantitative estimate of drug-likeness (QED) is 0.372. The maximum atomic E-state index is 12.6. The van der Waals surface area contributed by atoms with Crippen molar-refractivity contribution in [2.75, 3.05) is 14.2 Å². The largest absolute Gasteiger partial charge is 0.477 e. The molecule has 0 fully saturated rings. The van der Waals surface area contributed by atoms with Crippen LogP contribution in [0, 0.1) is 29.1 Å². The fraction of sp³-hybridized carbons (Fsp3) is 0.462. The Bertz CT molecular complexity index is 519. The highest BCUT2D eigenvalue weighted by molar-refractivity contribution is 5.88. The molecular formula is C13H16F5NO4. The number of hydrogen-bond donors (Lipinski definition) is 2. The number of carbonyl (C=O) groups is 1. The minimum Gasteiger partial charge on any atom is -0.477 e. The van der Waals surface area contributed by atoms with Crippen molar-refractivity contribution in [3.05, 3.63) is 34.6 Å². The Morgan fingerprint density at radius 1 is 0.870 bits per heavy atom. The first-order chi connectivity index (χ1) is 10.6. The maximum Gasteiger partial charge on any atom is 0.341 e. The van der Waals surface area contributed by atoms with E-state index in [1.54, 1.807) is 14.2 Å². The van der Waals surface area contributed by atoms with E-state index in [4.69, 9.17) is 14.6 Å². The van der Waals surface area contributed by atoms with Crippen LogP contribution in [-0.2, 0) is 9.47 Å². The number of aromatic carboxylic acids is 1. The molecule has 1 rings (SSSR count). The van der Waals surface area contributed by atoms with Crippen molar-refractivity contribution in [3.63, 3.8) is 0 Å². The van der Waals surface area contributed by atoms with Crippen LogP contribution in [0.2, 0.25) is 0 Å². The average Bonchev–Trinajstić information content (AvgIpc) is 2.51. The third-order valence-electron chi connectivity index (χ3n) is 2.60. The van der Waals surface area contributed by atoms with Crippen molar-refractivity contribution >= 4 is 5.97 Å². The standard InChI is InChI=1S/C7HF5O2.C6H15NO2/c8-2-1(7(13)14)3(9)5(11)6(12)4(2)10;1-5(8-3)7-6(2)9-4/h(H,13,14);5-7H,1-4H3. The van der Waals surface area contributed by atoms with Crippen LogP contribution in [-0.4, -0.2) is 37.8 Å². The zero-order chi connectivity index (χ0) is 18.3. The second-order valence-corrected chi connectivity index (χ2v) is 4.17. The lowest BCUT2D eigenvalue weighted by atomic mass is 10.1. The molecule has 132 valence electrons. The van der Waals surface area contributed by atoms with E-state index in [1.165, 1.54) is 0 Å². The summed E-state index contributed by atoms with van der Waals surface area (Å²) in [6.45, 7) is 3.85. The SMILES string of the molecule is COC(C)NC(C)OC.O=C(O)c1c(F)c(F)c(F)c(F)c1F. The van der Waals surface area contributed by atoms with Crippen LogP contribution in [0.3, 0.4) is 0 Å². The number of carboxylic acid groups (broad SMARTS) is 1. The van der Waals surface area contributed by atoms with Gasteiger partial charge in [-0.3, -0.25) is 5.32 Å². The third-order valence-corrected chi connectivity index (χ3v) is 2.60. The number of nitrogens with one attached hydrogen (secondary N) is 1. The summed E-state index contributed by atoms with van der Waals surface area (Å²) in [7, 11) is 3.31. The topological polar surface area (TPSA) is 67.8 Å². The summed E-state index contributed by atoms with van der Waals surface area (Å²) in [6, 6.07) is 0. The van der Waals surface area contributed by atoms with E-state index in [9.17, 15) is 26.7 Å². The van der Waals surface area contributed by atoms with Gasteiger partial charge in [-0.25, -0.2) is 26.7 Å². The third kappa shape index (κ3) is 5.73. The van der Waals surface area contributed by atoms with E-state index in [0.29, 0.717) is 0 Å². The lowest BCUT2D eigenvalue weighted by Gasteiger charge is -2.16. The molecule has 2 atom stereocenters. The Hall–Kier alpha value is -1.78. The number of halogens is 5. The molecule has 2 N–H and O–H groups in total. The summed E-state index contributed by atoms with van der Waals surface area (Å²) in [5.74, 6) is -13.9. The molecule has 0 spiro atoms. The normalized spacial score (nSPS) is 13.1. The summed E-state index contributed by atoms with van der Waals surface area (Å²) >= 11 is 0. The predicted molar refractivity (Wildman–Crippen MR) is 69.3 cm³/mol. The van der Waals surface area contributed by atoms with E-state index < -0.39 is 40.6 Å². The zero-order valence-electron chi connectivity index (χ0n) is 12.7. The molecule has 0 saturated carbocycles. The van der Waals surface area contributed by atoms with Crippen molar-refractivity contribution in [2.24, 2.45) is 0 Å². The zero-order valence-corrected chi connectivity index (χ0v) is 12.7. The molecule has 5 nitrogen and oxygen atoms in total. The Kier molecular flexibility index (Phi) is 8.65. The Labute approximate surface area is 129 Å². The molecule has 1 aromatic carbocycles. The molecule has 0 bridgehead atoms. The summed E-state index contributed by atoms with van der Waals surface area (Å²) in [5.41, 5.74) is -1.86. The van der Waals surface area contributed by atoms with Gasteiger partial charge in [0.15, 0.2) is 23.3 Å². The molecule has 0 radical (unpaired) electrons. The number of rotatable bonds is 5. The van der Waals surface area contributed by atoms with Crippen LogP contribution in [0.25, 0.3) is 0 Å². The van der Waals surface area contributed by atoms with Gasteiger partial charge in [0, 0.05) is 14.2 Å². The minimum absolute atomic E-state index is 0.0555. The fourth-order valence-corrected chi connectivity index (χ4v) is 1.26. The Morgan fingerprint density at radius 2 is 1.17 bits per heavy atom. The van der Waals surface area contributed by atoms with Crippen LogP contribution < -0.4 is 5.32 Å². The van der Waals surface area contributed by atoms with Gasteiger partial charge in [0.25, 0.3) is 0 Å². The van der Waals surface area contributed by atoms with Crippen LogP contribution in [0.4, 0.5) is 22.0 Å². The van der Waals surface area contributed by atoms with E-state index >= 15 is 0 Å². The molecule has 0 aliphatic rings. The monoisotopic (exact) mass is 345 g/mol. The highest BCUT2D eigenvalue weighted by Gasteiger charge is 2.29. The van der Waals surface area contributed by atoms with Gasteiger partial charge in [-0.15, -0.1) is 0 Å². The van der Waals surface area contributed by atoms with Gasteiger partial charge in [-0.1, -0.05) is 0 Å². The van der Waals surface area contributed by atoms with Gasteiger partial charge in [0.1, 0.15) is 18.0 Å². The summed E-state index contributed by atoms with van der Waals surface area (Å²) in [4.78, 5) is 10.1. The van der Waals surface area contributed by atoms with Gasteiger partial charge in [-0.05, 0) is 13.8 Å².